The van der Waals surface area contributed by atoms with Crippen molar-refractivity contribution in [2.75, 3.05) is 5.75 Å². The Labute approximate surface area is 108 Å². The standard InChI is InChI=1S/C11H11N3O3S/c1-8(6-12)13-11(15)7-18-10-4-2-9(3-5-10)14(16)17/h2-5,8H,7H2,1H3,(H,13,15). The van der Waals surface area contributed by atoms with Crippen molar-refractivity contribution >= 4 is 23.4 Å². The number of amides is 1. The molecule has 1 aromatic rings. The lowest BCUT2D eigenvalue weighted by molar-refractivity contribution is -0.384. The summed E-state index contributed by atoms with van der Waals surface area (Å²) >= 11 is 1.26. The van der Waals surface area contributed by atoms with Crippen LogP contribution in [0.5, 0.6) is 0 Å². The third-order valence-electron chi connectivity index (χ3n) is 1.99. The zero-order valence-corrected chi connectivity index (χ0v) is 10.4. The second-order valence-corrected chi connectivity index (χ2v) is 4.51. The minimum absolute atomic E-state index is 0.0157. The van der Waals surface area contributed by atoms with E-state index in [1.165, 1.54) is 23.9 Å². The summed E-state index contributed by atoms with van der Waals surface area (Å²) in [6.07, 6.45) is 0. The quantitative estimate of drug-likeness (QED) is 0.496. The number of hydrogen-bond acceptors (Lipinski definition) is 5. The molecular formula is C11H11N3O3S. The molecule has 94 valence electrons. The fourth-order valence-corrected chi connectivity index (χ4v) is 1.84. The van der Waals surface area contributed by atoms with Crippen LogP contribution >= 0.6 is 11.8 Å². The maximum Gasteiger partial charge on any atom is 0.269 e. The minimum Gasteiger partial charge on any atom is -0.340 e. The van der Waals surface area contributed by atoms with Gasteiger partial charge in [0.2, 0.25) is 5.91 Å². The number of benzene rings is 1. The first kappa shape index (κ1) is 14.0. The number of thioether (sulfide) groups is 1. The van der Waals surface area contributed by atoms with Crippen LogP contribution in [0.1, 0.15) is 6.92 Å². The molecule has 1 N–H and O–H groups in total. The third kappa shape index (κ3) is 4.43. The van der Waals surface area contributed by atoms with Crippen molar-refractivity contribution < 1.29 is 9.72 Å². The van der Waals surface area contributed by atoms with Crippen molar-refractivity contribution in [3.8, 4) is 6.07 Å². The first-order valence-corrected chi connectivity index (χ1v) is 6.07. The summed E-state index contributed by atoms with van der Waals surface area (Å²) in [6.45, 7) is 1.59. The average Bonchev–Trinajstić information content (AvgIpc) is 2.36. The molecule has 0 aromatic heterocycles. The fraction of sp³-hybridized carbons (Fsp3) is 0.273. The molecular weight excluding hydrogens is 254 g/mol. The van der Waals surface area contributed by atoms with Crippen molar-refractivity contribution in [1.29, 1.82) is 5.26 Å². The number of nitrogens with zero attached hydrogens (tertiary/aromatic N) is 2. The van der Waals surface area contributed by atoms with Gasteiger partial charge in [0.1, 0.15) is 6.04 Å². The second kappa shape index (κ2) is 6.61. The van der Waals surface area contributed by atoms with Gasteiger partial charge in [-0.25, -0.2) is 0 Å². The summed E-state index contributed by atoms with van der Waals surface area (Å²) in [5.74, 6) is -0.0727. The number of rotatable bonds is 5. The van der Waals surface area contributed by atoms with E-state index in [0.29, 0.717) is 0 Å². The Hall–Kier alpha value is -2.07. The maximum atomic E-state index is 11.4. The van der Waals surface area contributed by atoms with Gasteiger partial charge in [-0.2, -0.15) is 5.26 Å². The average molecular weight is 265 g/mol. The molecule has 1 aromatic carbocycles. The van der Waals surface area contributed by atoms with Gasteiger partial charge in [0.05, 0.1) is 16.7 Å². The zero-order chi connectivity index (χ0) is 13.5. The molecule has 1 amide bonds. The van der Waals surface area contributed by atoms with E-state index in [1.54, 1.807) is 19.1 Å². The molecule has 1 rings (SSSR count). The molecule has 0 aliphatic heterocycles. The fourth-order valence-electron chi connectivity index (χ4n) is 1.13. The van der Waals surface area contributed by atoms with E-state index in [1.807, 2.05) is 6.07 Å². The number of non-ortho nitro benzene ring substituents is 1. The van der Waals surface area contributed by atoms with Gasteiger partial charge >= 0.3 is 0 Å². The van der Waals surface area contributed by atoms with Gasteiger partial charge in [-0.3, -0.25) is 14.9 Å². The summed E-state index contributed by atoms with van der Waals surface area (Å²) in [6, 6.07) is 7.33. The number of nitrogens with one attached hydrogen (secondary N) is 1. The molecule has 1 unspecified atom stereocenters. The molecule has 0 bridgehead atoms. The Balaban J connectivity index is 2.47. The molecule has 6 nitrogen and oxygen atoms in total. The molecule has 18 heavy (non-hydrogen) atoms. The van der Waals surface area contributed by atoms with Crippen LogP contribution in [0.25, 0.3) is 0 Å². The third-order valence-corrected chi connectivity index (χ3v) is 3.00. The van der Waals surface area contributed by atoms with Crippen molar-refractivity contribution in [1.82, 2.24) is 5.32 Å². The molecule has 1 atom stereocenters. The van der Waals surface area contributed by atoms with Crippen LogP contribution < -0.4 is 5.32 Å². The van der Waals surface area contributed by atoms with E-state index < -0.39 is 11.0 Å². The summed E-state index contributed by atoms with van der Waals surface area (Å²) < 4.78 is 0. The monoisotopic (exact) mass is 265 g/mol. The van der Waals surface area contributed by atoms with Gasteiger partial charge in [0, 0.05) is 17.0 Å². The predicted molar refractivity (Wildman–Crippen MR) is 67.0 cm³/mol. The van der Waals surface area contributed by atoms with Crippen molar-refractivity contribution in [2.45, 2.75) is 17.9 Å². The highest BCUT2D eigenvalue weighted by molar-refractivity contribution is 8.00. The molecule has 0 saturated carbocycles. The second-order valence-electron chi connectivity index (χ2n) is 3.46. The zero-order valence-electron chi connectivity index (χ0n) is 9.62. The molecule has 0 heterocycles. The lowest BCUT2D eigenvalue weighted by Gasteiger charge is -2.05. The summed E-state index contributed by atoms with van der Waals surface area (Å²) in [7, 11) is 0. The van der Waals surface area contributed by atoms with Crippen molar-refractivity contribution in [3.05, 3.63) is 34.4 Å². The maximum absolute atomic E-state index is 11.4. The number of hydrogen-bond donors (Lipinski definition) is 1. The molecule has 0 saturated heterocycles. The smallest absolute Gasteiger partial charge is 0.269 e. The number of nitro benzene ring substituents is 1. The van der Waals surface area contributed by atoms with Gasteiger partial charge in [0.15, 0.2) is 0 Å². The van der Waals surface area contributed by atoms with E-state index in [-0.39, 0.29) is 17.3 Å². The van der Waals surface area contributed by atoms with Gasteiger partial charge in [-0.15, -0.1) is 11.8 Å². The van der Waals surface area contributed by atoms with Crippen LogP contribution in [0, 0.1) is 21.4 Å². The van der Waals surface area contributed by atoms with Crippen molar-refractivity contribution in [2.24, 2.45) is 0 Å². The van der Waals surface area contributed by atoms with Crippen LogP contribution in [0.15, 0.2) is 29.2 Å². The van der Waals surface area contributed by atoms with Crippen LogP contribution in [-0.4, -0.2) is 22.6 Å². The van der Waals surface area contributed by atoms with Crippen molar-refractivity contribution in [3.63, 3.8) is 0 Å². The molecule has 0 radical (unpaired) electrons. The Morgan fingerprint density at radius 3 is 2.67 bits per heavy atom. The number of carbonyl (C=O) groups is 1. The first-order chi connectivity index (χ1) is 8.52. The minimum atomic E-state index is -0.519. The summed E-state index contributed by atoms with van der Waals surface area (Å²) in [5, 5.41) is 21.5. The first-order valence-electron chi connectivity index (χ1n) is 5.09. The van der Waals surface area contributed by atoms with Crippen LogP contribution in [-0.2, 0) is 4.79 Å². The molecule has 0 aliphatic rings. The summed E-state index contributed by atoms with van der Waals surface area (Å²) in [5.41, 5.74) is 0.0157. The Morgan fingerprint density at radius 1 is 1.56 bits per heavy atom. The number of carbonyl (C=O) groups excluding carboxylic acids is 1. The van der Waals surface area contributed by atoms with Gasteiger partial charge in [0.25, 0.3) is 5.69 Å². The van der Waals surface area contributed by atoms with Crippen LogP contribution in [0.3, 0.4) is 0 Å². The van der Waals surface area contributed by atoms with Gasteiger partial charge in [-0.05, 0) is 19.1 Å². The summed E-state index contributed by atoms with van der Waals surface area (Å²) in [4.78, 5) is 22.1. The Morgan fingerprint density at radius 2 is 2.17 bits per heavy atom. The largest absolute Gasteiger partial charge is 0.340 e. The van der Waals surface area contributed by atoms with Gasteiger partial charge in [-0.1, -0.05) is 0 Å². The topological polar surface area (TPSA) is 96.0 Å². The van der Waals surface area contributed by atoms with E-state index >= 15 is 0 Å². The molecule has 7 heteroatoms. The van der Waals surface area contributed by atoms with Gasteiger partial charge < -0.3 is 5.32 Å². The number of nitriles is 1. The Kier molecular flexibility index (Phi) is 5.14. The van der Waals surface area contributed by atoms with E-state index in [9.17, 15) is 14.9 Å². The predicted octanol–water partition coefficient (Wildman–Crippen LogP) is 1.72. The lowest BCUT2D eigenvalue weighted by atomic mass is 10.3. The Bertz CT molecular complexity index is 481. The van der Waals surface area contributed by atoms with E-state index in [4.69, 9.17) is 5.26 Å². The highest BCUT2D eigenvalue weighted by atomic mass is 32.2. The molecule has 0 spiro atoms. The highest BCUT2D eigenvalue weighted by Gasteiger charge is 2.08. The SMILES string of the molecule is CC(C#N)NC(=O)CSc1ccc([N+](=O)[O-])cc1. The molecule has 0 fully saturated rings. The molecule has 0 aliphatic carbocycles. The van der Waals surface area contributed by atoms with E-state index in [0.717, 1.165) is 4.90 Å². The normalized spacial score (nSPS) is 11.3. The van der Waals surface area contributed by atoms with Crippen LogP contribution in [0.4, 0.5) is 5.69 Å². The van der Waals surface area contributed by atoms with Crippen LogP contribution in [0.2, 0.25) is 0 Å². The number of nitro groups is 1. The lowest BCUT2D eigenvalue weighted by Crippen LogP contribution is -2.32. The highest BCUT2D eigenvalue weighted by Crippen LogP contribution is 2.20. The van der Waals surface area contributed by atoms with E-state index in [2.05, 4.69) is 5.32 Å².